The van der Waals surface area contributed by atoms with Gasteiger partial charge in [-0.25, -0.2) is 9.97 Å². The Balaban J connectivity index is 2.23. The number of ether oxygens (including phenoxy) is 1. The van der Waals surface area contributed by atoms with Crippen LogP contribution in [-0.4, -0.2) is 22.5 Å². The second kappa shape index (κ2) is 6.14. The summed E-state index contributed by atoms with van der Waals surface area (Å²) in [5.41, 5.74) is 1.75. The Hall–Kier alpha value is -2.43. The van der Waals surface area contributed by atoms with Crippen molar-refractivity contribution in [1.29, 1.82) is 0 Å². The molecule has 0 unspecified atom stereocenters. The van der Waals surface area contributed by atoms with E-state index in [-0.39, 0.29) is 5.91 Å². The van der Waals surface area contributed by atoms with Crippen LogP contribution in [-0.2, 0) is 0 Å². The maximum atomic E-state index is 12.3. The van der Waals surface area contributed by atoms with Gasteiger partial charge in [0.1, 0.15) is 11.6 Å². The number of hydrogen-bond donors (Lipinski definition) is 1. The molecule has 2 aromatic rings. The van der Waals surface area contributed by atoms with E-state index < -0.39 is 0 Å². The van der Waals surface area contributed by atoms with Gasteiger partial charge in [0, 0.05) is 6.20 Å². The topological polar surface area (TPSA) is 64.1 Å². The zero-order chi connectivity index (χ0) is 14.5. The molecule has 0 radical (unpaired) electrons. The van der Waals surface area contributed by atoms with Gasteiger partial charge in [-0.05, 0) is 32.9 Å². The summed E-state index contributed by atoms with van der Waals surface area (Å²) in [6, 6.07) is 7.32. The molecule has 0 fully saturated rings. The van der Waals surface area contributed by atoms with Gasteiger partial charge >= 0.3 is 0 Å². The third-order valence-corrected chi connectivity index (χ3v) is 2.78. The summed E-state index contributed by atoms with van der Waals surface area (Å²) in [4.78, 5) is 20.5. The van der Waals surface area contributed by atoms with Crippen LogP contribution in [0.3, 0.4) is 0 Å². The van der Waals surface area contributed by atoms with Gasteiger partial charge in [0.15, 0.2) is 0 Å². The second-order valence-electron chi connectivity index (χ2n) is 4.30. The van der Waals surface area contributed by atoms with Crippen LogP contribution in [0.15, 0.2) is 30.5 Å². The molecule has 0 aliphatic rings. The van der Waals surface area contributed by atoms with E-state index in [4.69, 9.17) is 4.74 Å². The highest BCUT2D eigenvalue weighted by Crippen LogP contribution is 2.24. The number of amides is 1. The summed E-state index contributed by atoms with van der Waals surface area (Å²) in [6.45, 7) is 6.02. The van der Waals surface area contributed by atoms with Gasteiger partial charge < -0.3 is 10.1 Å². The van der Waals surface area contributed by atoms with E-state index in [1.54, 1.807) is 19.9 Å². The van der Waals surface area contributed by atoms with Gasteiger partial charge in [0.25, 0.3) is 5.91 Å². The van der Waals surface area contributed by atoms with Crippen LogP contribution in [0.25, 0.3) is 0 Å². The fourth-order valence-electron chi connectivity index (χ4n) is 1.85. The quantitative estimate of drug-likeness (QED) is 0.928. The number of aromatic nitrogens is 2. The normalized spacial score (nSPS) is 10.2. The number of nitrogens with one attached hydrogen (secondary N) is 1. The van der Waals surface area contributed by atoms with E-state index in [0.29, 0.717) is 35.1 Å². The minimum atomic E-state index is -0.241. The molecule has 2 rings (SSSR count). The number of aryl methyl sites for hydroxylation is 2. The van der Waals surface area contributed by atoms with Crippen LogP contribution in [0.4, 0.5) is 5.69 Å². The lowest BCUT2D eigenvalue weighted by Crippen LogP contribution is -2.15. The Morgan fingerprint density at radius 2 is 2.05 bits per heavy atom. The lowest BCUT2D eigenvalue weighted by atomic mass is 10.2. The lowest BCUT2D eigenvalue weighted by Gasteiger charge is -2.11. The Bertz CT molecular complexity index is 626. The minimum absolute atomic E-state index is 0.241. The Morgan fingerprint density at radius 1 is 1.30 bits per heavy atom. The Kier molecular flexibility index (Phi) is 4.30. The maximum Gasteiger partial charge on any atom is 0.259 e. The average molecular weight is 271 g/mol. The largest absolute Gasteiger partial charge is 0.492 e. The Morgan fingerprint density at radius 3 is 2.75 bits per heavy atom. The van der Waals surface area contributed by atoms with Crippen molar-refractivity contribution in [1.82, 2.24) is 9.97 Å². The van der Waals surface area contributed by atoms with Crippen LogP contribution in [0.2, 0.25) is 0 Å². The van der Waals surface area contributed by atoms with Crippen LogP contribution in [0.5, 0.6) is 5.75 Å². The summed E-state index contributed by atoms with van der Waals surface area (Å²) in [5.74, 6) is 1.05. The second-order valence-corrected chi connectivity index (χ2v) is 4.30. The van der Waals surface area contributed by atoms with Crippen molar-refractivity contribution in [3.63, 3.8) is 0 Å². The molecule has 5 heteroatoms. The van der Waals surface area contributed by atoms with Gasteiger partial charge in [0.2, 0.25) is 0 Å². The first-order chi connectivity index (χ1) is 9.61. The van der Waals surface area contributed by atoms with Crippen molar-refractivity contribution in [2.45, 2.75) is 20.8 Å². The molecular formula is C15H17N3O2. The molecule has 104 valence electrons. The van der Waals surface area contributed by atoms with E-state index >= 15 is 0 Å². The zero-order valence-electron chi connectivity index (χ0n) is 11.8. The summed E-state index contributed by atoms with van der Waals surface area (Å²) in [6.07, 6.45) is 1.54. The highest BCUT2D eigenvalue weighted by atomic mass is 16.5. The van der Waals surface area contributed by atoms with Crippen molar-refractivity contribution < 1.29 is 9.53 Å². The molecule has 1 aromatic carbocycles. The molecule has 1 aromatic heterocycles. The number of anilines is 1. The molecule has 0 aliphatic heterocycles. The van der Waals surface area contributed by atoms with Crippen molar-refractivity contribution in [3.8, 4) is 5.75 Å². The molecule has 5 nitrogen and oxygen atoms in total. The van der Waals surface area contributed by atoms with Crippen molar-refractivity contribution in [2.24, 2.45) is 0 Å². The van der Waals surface area contributed by atoms with Crippen molar-refractivity contribution in [2.75, 3.05) is 11.9 Å². The van der Waals surface area contributed by atoms with E-state index in [9.17, 15) is 4.79 Å². The molecular weight excluding hydrogens is 254 g/mol. The first kappa shape index (κ1) is 14.0. The molecule has 1 heterocycles. The monoisotopic (exact) mass is 271 g/mol. The summed E-state index contributed by atoms with van der Waals surface area (Å²) >= 11 is 0. The molecule has 1 amide bonds. The molecule has 0 spiro atoms. The van der Waals surface area contributed by atoms with Gasteiger partial charge in [-0.2, -0.15) is 0 Å². The fourth-order valence-corrected chi connectivity index (χ4v) is 1.85. The SMILES string of the molecule is CCOc1ccccc1NC(=O)c1cnc(C)nc1C. The molecule has 0 saturated carbocycles. The lowest BCUT2D eigenvalue weighted by molar-refractivity contribution is 0.102. The first-order valence-corrected chi connectivity index (χ1v) is 6.45. The van der Waals surface area contributed by atoms with Gasteiger partial charge in [0.05, 0.1) is 23.6 Å². The first-order valence-electron chi connectivity index (χ1n) is 6.45. The molecule has 0 saturated heterocycles. The molecule has 0 atom stereocenters. The summed E-state index contributed by atoms with van der Waals surface area (Å²) in [7, 11) is 0. The summed E-state index contributed by atoms with van der Waals surface area (Å²) < 4.78 is 5.48. The van der Waals surface area contributed by atoms with Crippen molar-refractivity contribution in [3.05, 3.63) is 47.5 Å². The predicted octanol–water partition coefficient (Wildman–Crippen LogP) is 2.74. The third kappa shape index (κ3) is 3.12. The smallest absolute Gasteiger partial charge is 0.259 e. The maximum absolute atomic E-state index is 12.3. The molecule has 0 aliphatic carbocycles. The highest BCUT2D eigenvalue weighted by Gasteiger charge is 2.13. The van der Waals surface area contributed by atoms with Crippen LogP contribution >= 0.6 is 0 Å². The van der Waals surface area contributed by atoms with Crippen LogP contribution < -0.4 is 10.1 Å². The zero-order valence-corrected chi connectivity index (χ0v) is 11.8. The number of benzene rings is 1. The van der Waals surface area contributed by atoms with Gasteiger partial charge in [-0.15, -0.1) is 0 Å². The standard InChI is InChI=1S/C15H17N3O2/c1-4-20-14-8-6-5-7-13(14)18-15(19)12-9-16-11(3)17-10(12)2/h5-9H,4H2,1-3H3,(H,18,19). The highest BCUT2D eigenvalue weighted by molar-refractivity contribution is 6.05. The molecule has 20 heavy (non-hydrogen) atoms. The number of hydrogen-bond acceptors (Lipinski definition) is 4. The van der Waals surface area contributed by atoms with Crippen LogP contribution in [0.1, 0.15) is 28.8 Å². The number of para-hydroxylation sites is 2. The van der Waals surface area contributed by atoms with E-state index in [2.05, 4.69) is 15.3 Å². The van der Waals surface area contributed by atoms with E-state index in [0.717, 1.165) is 0 Å². The van der Waals surface area contributed by atoms with Gasteiger partial charge in [-0.3, -0.25) is 4.79 Å². The Labute approximate surface area is 118 Å². The van der Waals surface area contributed by atoms with E-state index in [1.807, 2.05) is 25.1 Å². The minimum Gasteiger partial charge on any atom is -0.492 e. The molecule has 1 N–H and O–H groups in total. The number of nitrogens with zero attached hydrogens (tertiary/aromatic N) is 2. The number of rotatable bonds is 4. The van der Waals surface area contributed by atoms with E-state index in [1.165, 1.54) is 6.20 Å². The van der Waals surface area contributed by atoms with Crippen molar-refractivity contribution >= 4 is 11.6 Å². The number of carbonyl (C=O) groups excluding carboxylic acids is 1. The third-order valence-electron chi connectivity index (χ3n) is 2.78. The van der Waals surface area contributed by atoms with Crippen LogP contribution in [0, 0.1) is 13.8 Å². The van der Waals surface area contributed by atoms with Gasteiger partial charge in [-0.1, -0.05) is 12.1 Å². The average Bonchev–Trinajstić information content (AvgIpc) is 2.41. The predicted molar refractivity (Wildman–Crippen MR) is 77.1 cm³/mol. The molecule has 0 bridgehead atoms. The number of carbonyl (C=O) groups is 1. The summed E-state index contributed by atoms with van der Waals surface area (Å²) in [5, 5.41) is 2.83. The fraction of sp³-hybridized carbons (Fsp3) is 0.267.